The first-order valence-corrected chi connectivity index (χ1v) is 12.5. The van der Waals surface area contributed by atoms with Gasteiger partial charge in [-0.15, -0.1) is 0 Å². The SMILES string of the molecule is Cc1cccc(C(=O)NC(C(=O)N2CCC3(CC2)C(=O)N(C)CN3c2ccc(Cl)cc2)C(C)C)c1. The van der Waals surface area contributed by atoms with E-state index < -0.39 is 11.6 Å². The van der Waals surface area contributed by atoms with Gasteiger partial charge in [0, 0.05) is 36.4 Å². The van der Waals surface area contributed by atoms with Crippen molar-refractivity contribution in [1.29, 1.82) is 0 Å². The Bertz CT molecular complexity index is 1110. The van der Waals surface area contributed by atoms with Crippen LogP contribution in [0.1, 0.15) is 42.6 Å². The molecule has 2 aromatic rings. The van der Waals surface area contributed by atoms with Gasteiger partial charge in [-0.25, -0.2) is 0 Å². The molecule has 2 aromatic carbocycles. The second-order valence-electron chi connectivity index (χ2n) is 9.97. The number of benzene rings is 2. The third-order valence-electron chi connectivity index (χ3n) is 7.16. The van der Waals surface area contributed by atoms with E-state index in [1.807, 2.05) is 70.3 Å². The van der Waals surface area contributed by atoms with Crippen LogP contribution < -0.4 is 10.2 Å². The van der Waals surface area contributed by atoms with Crippen LogP contribution in [0.15, 0.2) is 48.5 Å². The van der Waals surface area contributed by atoms with Gasteiger partial charge in [-0.2, -0.15) is 0 Å². The molecule has 4 rings (SSSR count). The minimum absolute atomic E-state index is 0.0723. The number of hydrogen-bond acceptors (Lipinski definition) is 4. The Labute approximate surface area is 212 Å². The Balaban J connectivity index is 1.48. The zero-order valence-corrected chi connectivity index (χ0v) is 21.5. The molecule has 186 valence electrons. The molecule has 2 fully saturated rings. The molecular formula is C27H33ClN4O3. The Morgan fingerprint density at radius 3 is 2.31 bits per heavy atom. The second-order valence-corrected chi connectivity index (χ2v) is 10.4. The van der Waals surface area contributed by atoms with Crippen LogP contribution in [0.5, 0.6) is 0 Å². The van der Waals surface area contributed by atoms with Crippen LogP contribution in [0.25, 0.3) is 0 Å². The van der Waals surface area contributed by atoms with Gasteiger partial charge in [-0.05, 0) is 62.1 Å². The van der Waals surface area contributed by atoms with Crippen LogP contribution >= 0.6 is 11.6 Å². The molecule has 1 spiro atoms. The smallest absolute Gasteiger partial charge is 0.251 e. The van der Waals surface area contributed by atoms with Gasteiger partial charge in [0.2, 0.25) is 11.8 Å². The number of aryl methyl sites for hydroxylation is 1. The first-order chi connectivity index (χ1) is 16.6. The van der Waals surface area contributed by atoms with E-state index in [2.05, 4.69) is 10.2 Å². The molecule has 35 heavy (non-hydrogen) atoms. The van der Waals surface area contributed by atoms with E-state index in [9.17, 15) is 14.4 Å². The van der Waals surface area contributed by atoms with E-state index >= 15 is 0 Å². The second kappa shape index (κ2) is 9.90. The highest BCUT2D eigenvalue weighted by molar-refractivity contribution is 6.30. The third kappa shape index (κ3) is 4.87. The number of piperidine rings is 1. The maximum absolute atomic E-state index is 13.5. The lowest BCUT2D eigenvalue weighted by molar-refractivity contribution is -0.139. The van der Waals surface area contributed by atoms with Gasteiger partial charge in [0.15, 0.2) is 0 Å². The van der Waals surface area contributed by atoms with E-state index in [0.717, 1.165) is 11.3 Å². The molecule has 1 atom stereocenters. The summed E-state index contributed by atoms with van der Waals surface area (Å²) in [4.78, 5) is 45.3. The molecule has 2 aliphatic heterocycles. The van der Waals surface area contributed by atoms with E-state index in [1.165, 1.54) is 0 Å². The molecule has 0 aliphatic carbocycles. The third-order valence-corrected chi connectivity index (χ3v) is 7.41. The van der Waals surface area contributed by atoms with E-state index in [-0.39, 0.29) is 23.6 Å². The molecule has 8 heteroatoms. The highest BCUT2D eigenvalue weighted by Gasteiger charge is 2.53. The quantitative estimate of drug-likeness (QED) is 0.685. The normalized spacial score (nSPS) is 18.3. The maximum Gasteiger partial charge on any atom is 0.251 e. The predicted octanol–water partition coefficient (Wildman–Crippen LogP) is 3.70. The molecule has 0 radical (unpaired) electrons. The van der Waals surface area contributed by atoms with Crippen molar-refractivity contribution < 1.29 is 14.4 Å². The van der Waals surface area contributed by atoms with Gasteiger partial charge < -0.3 is 20.0 Å². The monoisotopic (exact) mass is 496 g/mol. The van der Waals surface area contributed by atoms with Crippen LogP contribution in [0.3, 0.4) is 0 Å². The van der Waals surface area contributed by atoms with Crippen molar-refractivity contribution in [3.63, 3.8) is 0 Å². The number of nitrogens with zero attached hydrogens (tertiary/aromatic N) is 3. The Morgan fingerprint density at radius 2 is 1.71 bits per heavy atom. The highest BCUT2D eigenvalue weighted by Crippen LogP contribution is 2.39. The molecule has 1 N–H and O–H groups in total. The molecular weight excluding hydrogens is 464 g/mol. The summed E-state index contributed by atoms with van der Waals surface area (Å²) in [6.07, 6.45) is 1.06. The van der Waals surface area contributed by atoms with Crippen LogP contribution in [0.4, 0.5) is 5.69 Å². The molecule has 3 amide bonds. The Kier molecular flexibility index (Phi) is 7.08. The summed E-state index contributed by atoms with van der Waals surface area (Å²) in [7, 11) is 1.81. The number of hydrogen-bond donors (Lipinski definition) is 1. The average Bonchev–Trinajstić information content (AvgIpc) is 3.07. The Morgan fingerprint density at radius 1 is 1.06 bits per heavy atom. The summed E-state index contributed by atoms with van der Waals surface area (Å²) in [5, 5.41) is 3.59. The topological polar surface area (TPSA) is 73.0 Å². The fourth-order valence-corrected chi connectivity index (χ4v) is 5.26. The molecule has 0 aromatic heterocycles. The summed E-state index contributed by atoms with van der Waals surface area (Å²) in [5.74, 6) is -0.354. The molecule has 1 unspecified atom stereocenters. The van der Waals surface area contributed by atoms with Crippen LogP contribution in [-0.4, -0.2) is 65.9 Å². The number of rotatable bonds is 5. The lowest BCUT2D eigenvalue weighted by Gasteiger charge is -2.44. The number of halogens is 1. The van der Waals surface area contributed by atoms with Crippen molar-refractivity contribution in [1.82, 2.24) is 15.1 Å². The van der Waals surface area contributed by atoms with Gasteiger partial charge in [-0.3, -0.25) is 14.4 Å². The van der Waals surface area contributed by atoms with Gasteiger partial charge in [0.05, 0.1) is 6.67 Å². The largest absolute Gasteiger partial charge is 0.341 e. The fourth-order valence-electron chi connectivity index (χ4n) is 5.13. The zero-order chi connectivity index (χ0) is 25.3. The van der Waals surface area contributed by atoms with Crippen molar-refractivity contribution >= 4 is 35.0 Å². The minimum atomic E-state index is -0.683. The van der Waals surface area contributed by atoms with Crippen molar-refractivity contribution in [2.24, 2.45) is 5.92 Å². The number of nitrogens with one attached hydrogen (secondary N) is 1. The van der Waals surface area contributed by atoms with Gasteiger partial charge >= 0.3 is 0 Å². The molecule has 0 saturated carbocycles. The van der Waals surface area contributed by atoms with Gasteiger partial charge in [-0.1, -0.05) is 43.1 Å². The zero-order valence-electron chi connectivity index (χ0n) is 20.8. The number of amides is 3. The lowest BCUT2D eigenvalue weighted by atomic mass is 9.85. The summed E-state index contributed by atoms with van der Waals surface area (Å²) in [6, 6.07) is 14.2. The van der Waals surface area contributed by atoms with E-state index in [0.29, 0.717) is 43.2 Å². The van der Waals surface area contributed by atoms with Crippen LogP contribution in [-0.2, 0) is 9.59 Å². The highest BCUT2D eigenvalue weighted by atomic mass is 35.5. The van der Waals surface area contributed by atoms with Crippen molar-refractivity contribution in [2.75, 3.05) is 31.7 Å². The lowest BCUT2D eigenvalue weighted by Crippen LogP contribution is -2.60. The molecule has 2 heterocycles. The number of anilines is 1. The first-order valence-electron chi connectivity index (χ1n) is 12.1. The van der Waals surface area contributed by atoms with Gasteiger partial charge in [0.1, 0.15) is 11.6 Å². The standard InChI is InChI=1S/C27H33ClN4O3/c1-18(2)23(29-24(33)20-7-5-6-19(3)16-20)25(34)31-14-12-27(13-15-31)26(35)30(4)17-32(27)22-10-8-21(28)9-11-22/h5-11,16,18,23H,12-15,17H2,1-4H3,(H,29,33). The molecule has 0 bridgehead atoms. The summed E-state index contributed by atoms with van der Waals surface area (Å²) in [6.45, 7) is 7.19. The number of likely N-dealkylation sites (tertiary alicyclic amines) is 1. The van der Waals surface area contributed by atoms with Crippen molar-refractivity contribution in [2.45, 2.75) is 45.2 Å². The summed E-state index contributed by atoms with van der Waals surface area (Å²) < 4.78 is 0. The first kappa shape index (κ1) is 25.0. The average molecular weight is 497 g/mol. The van der Waals surface area contributed by atoms with E-state index in [1.54, 1.807) is 15.9 Å². The summed E-state index contributed by atoms with van der Waals surface area (Å²) in [5.41, 5.74) is 1.79. The van der Waals surface area contributed by atoms with Crippen molar-refractivity contribution in [3.05, 3.63) is 64.7 Å². The Hall–Kier alpha value is -3.06. The van der Waals surface area contributed by atoms with E-state index in [4.69, 9.17) is 11.6 Å². The number of carbonyl (C=O) groups excluding carboxylic acids is 3. The number of likely N-dealkylation sites (N-methyl/N-ethyl adjacent to an activating group) is 1. The van der Waals surface area contributed by atoms with Crippen LogP contribution in [0, 0.1) is 12.8 Å². The van der Waals surface area contributed by atoms with Crippen molar-refractivity contribution in [3.8, 4) is 0 Å². The summed E-state index contributed by atoms with van der Waals surface area (Å²) >= 11 is 6.07. The minimum Gasteiger partial charge on any atom is -0.341 e. The molecule has 7 nitrogen and oxygen atoms in total. The maximum atomic E-state index is 13.5. The fraction of sp³-hybridized carbons (Fsp3) is 0.444. The van der Waals surface area contributed by atoms with Gasteiger partial charge in [0.25, 0.3) is 5.91 Å². The molecule has 2 saturated heterocycles. The van der Waals surface area contributed by atoms with Crippen LogP contribution in [0.2, 0.25) is 5.02 Å². The number of carbonyl (C=O) groups is 3. The molecule has 2 aliphatic rings. The predicted molar refractivity (Wildman–Crippen MR) is 137 cm³/mol.